The Labute approximate surface area is 92.8 Å². The number of benzene rings is 1. The fraction of sp³-hybridized carbons (Fsp3) is 0.0909. The molecule has 0 aliphatic heterocycles. The summed E-state index contributed by atoms with van der Waals surface area (Å²) in [6.07, 6.45) is 5.05. The van der Waals surface area contributed by atoms with Crippen molar-refractivity contribution in [2.45, 2.75) is 16.8 Å². The van der Waals surface area contributed by atoms with Crippen molar-refractivity contribution in [1.29, 1.82) is 0 Å². The number of nitrogen functional groups attached to an aromatic ring is 1. The molecule has 1 aromatic carbocycles. The van der Waals surface area contributed by atoms with Gasteiger partial charge in [0.2, 0.25) is 0 Å². The standard InChI is InChI=1S/C11H11N3S/c1-8-2-3-10(9(12)6-8)15-11-7-13-4-5-14-11/h2-7H,12H2,1H3. The number of anilines is 1. The van der Waals surface area contributed by atoms with Crippen molar-refractivity contribution < 1.29 is 0 Å². The maximum absolute atomic E-state index is 5.90. The second kappa shape index (κ2) is 4.31. The summed E-state index contributed by atoms with van der Waals surface area (Å²) in [6.45, 7) is 2.02. The Kier molecular flexibility index (Phi) is 2.87. The summed E-state index contributed by atoms with van der Waals surface area (Å²) in [7, 11) is 0. The van der Waals surface area contributed by atoms with E-state index in [2.05, 4.69) is 9.97 Å². The number of aromatic nitrogens is 2. The fourth-order valence-electron chi connectivity index (χ4n) is 1.21. The van der Waals surface area contributed by atoms with E-state index in [0.717, 1.165) is 21.2 Å². The first-order valence-corrected chi connectivity index (χ1v) is 5.37. The van der Waals surface area contributed by atoms with E-state index < -0.39 is 0 Å². The number of aryl methyl sites for hydroxylation is 1. The van der Waals surface area contributed by atoms with E-state index in [1.165, 1.54) is 11.8 Å². The van der Waals surface area contributed by atoms with Crippen LogP contribution >= 0.6 is 11.8 Å². The zero-order chi connectivity index (χ0) is 10.7. The Hall–Kier alpha value is -1.55. The summed E-state index contributed by atoms with van der Waals surface area (Å²) in [5.74, 6) is 0. The van der Waals surface area contributed by atoms with Gasteiger partial charge in [-0.25, -0.2) is 4.98 Å². The third-order valence-corrected chi connectivity index (χ3v) is 2.93. The average Bonchev–Trinajstić information content (AvgIpc) is 2.24. The highest BCUT2D eigenvalue weighted by molar-refractivity contribution is 7.99. The Morgan fingerprint density at radius 1 is 1.27 bits per heavy atom. The van der Waals surface area contributed by atoms with Crippen LogP contribution in [0.15, 0.2) is 46.7 Å². The van der Waals surface area contributed by atoms with Crippen LogP contribution in [0, 0.1) is 6.92 Å². The Balaban J connectivity index is 2.25. The number of nitrogens with zero attached hydrogens (tertiary/aromatic N) is 2. The Morgan fingerprint density at radius 3 is 2.80 bits per heavy atom. The van der Waals surface area contributed by atoms with E-state index >= 15 is 0 Å². The monoisotopic (exact) mass is 217 g/mol. The van der Waals surface area contributed by atoms with Crippen LogP contribution in [0.3, 0.4) is 0 Å². The molecule has 0 atom stereocenters. The van der Waals surface area contributed by atoms with Gasteiger partial charge in [-0.2, -0.15) is 0 Å². The molecule has 3 nitrogen and oxygen atoms in total. The third kappa shape index (κ3) is 2.47. The lowest BCUT2D eigenvalue weighted by Crippen LogP contribution is -1.90. The molecule has 0 saturated heterocycles. The molecule has 0 saturated carbocycles. The van der Waals surface area contributed by atoms with Crippen molar-refractivity contribution in [3.05, 3.63) is 42.4 Å². The van der Waals surface area contributed by atoms with Gasteiger partial charge in [0.05, 0.1) is 6.20 Å². The first kappa shape index (κ1) is 9.98. The smallest absolute Gasteiger partial charge is 0.119 e. The molecule has 76 valence electrons. The van der Waals surface area contributed by atoms with Gasteiger partial charge in [-0.1, -0.05) is 17.8 Å². The Bertz CT molecular complexity index is 457. The molecule has 1 aromatic heterocycles. The lowest BCUT2D eigenvalue weighted by Gasteiger charge is -2.04. The predicted molar refractivity (Wildman–Crippen MR) is 61.7 cm³/mol. The van der Waals surface area contributed by atoms with E-state index in [1.54, 1.807) is 18.6 Å². The van der Waals surface area contributed by atoms with Crippen LogP contribution in [-0.4, -0.2) is 9.97 Å². The highest BCUT2D eigenvalue weighted by Gasteiger charge is 2.02. The van der Waals surface area contributed by atoms with Gasteiger partial charge >= 0.3 is 0 Å². The molecule has 0 amide bonds. The van der Waals surface area contributed by atoms with Gasteiger partial charge in [0.15, 0.2) is 0 Å². The summed E-state index contributed by atoms with van der Waals surface area (Å²) < 4.78 is 0. The molecule has 4 heteroatoms. The normalized spacial score (nSPS) is 10.2. The molecule has 0 radical (unpaired) electrons. The number of hydrogen-bond acceptors (Lipinski definition) is 4. The molecule has 0 spiro atoms. The van der Waals surface area contributed by atoms with Crippen molar-refractivity contribution in [1.82, 2.24) is 9.97 Å². The highest BCUT2D eigenvalue weighted by Crippen LogP contribution is 2.30. The second-order valence-electron chi connectivity index (χ2n) is 3.19. The third-order valence-electron chi connectivity index (χ3n) is 1.92. The van der Waals surface area contributed by atoms with Crippen molar-refractivity contribution in [2.75, 3.05) is 5.73 Å². The molecule has 2 N–H and O–H groups in total. The van der Waals surface area contributed by atoms with Gasteiger partial charge in [0, 0.05) is 23.0 Å². The minimum Gasteiger partial charge on any atom is -0.398 e. The summed E-state index contributed by atoms with van der Waals surface area (Å²) in [5, 5.41) is 0.855. The predicted octanol–water partition coefficient (Wildman–Crippen LogP) is 2.52. The molecule has 15 heavy (non-hydrogen) atoms. The van der Waals surface area contributed by atoms with Gasteiger partial charge in [-0.15, -0.1) is 0 Å². The maximum atomic E-state index is 5.90. The lowest BCUT2D eigenvalue weighted by atomic mass is 10.2. The van der Waals surface area contributed by atoms with Crippen LogP contribution in [-0.2, 0) is 0 Å². The van der Waals surface area contributed by atoms with Crippen LogP contribution in [0.1, 0.15) is 5.56 Å². The van der Waals surface area contributed by atoms with Crippen molar-refractivity contribution in [3.63, 3.8) is 0 Å². The molecule has 0 fully saturated rings. The van der Waals surface area contributed by atoms with Crippen molar-refractivity contribution >= 4 is 17.4 Å². The molecule has 0 unspecified atom stereocenters. The molecule has 1 heterocycles. The Morgan fingerprint density at radius 2 is 2.13 bits per heavy atom. The number of hydrogen-bond donors (Lipinski definition) is 1. The van der Waals surface area contributed by atoms with Crippen LogP contribution in [0.5, 0.6) is 0 Å². The summed E-state index contributed by atoms with van der Waals surface area (Å²) in [4.78, 5) is 9.20. The first-order valence-electron chi connectivity index (χ1n) is 4.56. The van der Waals surface area contributed by atoms with Gasteiger partial charge in [-0.3, -0.25) is 4.98 Å². The highest BCUT2D eigenvalue weighted by atomic mass is 32.2. The van der Waals surface area contributed by atoms with Gasteiger partial charge in [0.25, 0.3) is 0 Å². The molecule has 0 aliphatic rings. The molecular formula is C11H11N3S. The summed E-state index contributed by atoms with van der Waals surface area (Å²) in [6, 6.07) is 6.00. The van der Waals surface area contributed by atoms with Crippen LogP contribution in [0.2, 0.25) is 0 Å². The van der Waals surface area contributed by atoms with E-state index in [-0.39, 0.29) is 0 Å². The quantitative estimate of drug-likeness (QED) is 0.785. The van der Waals surface area contributed by atoms with E-state index in [4.69, 9.17) is 5.73 Å². The lowest BCUT2D eigenvalue weighted by molar-refractivity contribution is 1.05. The minimum atomic E-state index is 0.783. The number of rotatable bonds is 2. The maximum Gasteiger partial charge on any atom is 0.119 e. The van der Waals surface area contributed by atoms with Crippen LogP contribution in [0.25, 0.3) is 0 Å². The number of nitrogens with two attached hydrogens (primary N) is 1. The fourth-order valence-corrected chi connectivity index (χ4v) is 1.98. The van der Waals surface area contributed by atoms with E-state index in [0.29, 0.717) is 0 Å². The zero-order valence-electron chi connectivity index (χ0n) is 8.34. The average molecular weight is 217 g/mol. The SMILES string of the molecule is Cc1ccc(Sc2cnccn2)c(N)c1. The van der Waals surface area contributed by atoms with Gasteiger partial charge in [-0.05, 0) is 24.6 Å². The van der Waals surface area contributed by atoms with E-state index in [9.17, 15) is 0 Å². The molecule has 2 rings (SSSR count). The van der Waals surface area contributed by atoms with E-state index in [1.807, 2.05) is 25.1 Å². The molecular weight excluding hydrogens is 206 g/mol. The van der Waals surface area contributed by atoms with Gasteiger partial charge < -0.3 is 5.73 Å². The van der Waals surface area contributed by atoms with Crippen molar-refractivity contribution in [2.24, 2.45) is 0 Å². The first-order chi connectivity index (χ1) is 7.25. The summed E-state index contributed by atoms with van der Waals surface area (Å²) >= 11 is 1.52. The van der Waals surface area contributed by atoms with Crippen molar-refractivity contribution in [3.8, 4) is 0 Å². The van der Waals surface area contributed by atoms with Crippen LogP contribution < -0.4 is 5.73 Å². The van der Waals surface area contributed by atoms with Crippen LogP contribution in [0.4, 0.5) is 5.69 Å². The second-order valence-corrected chi connectivity index (χ2v) is 4.25. The topological polar surface area (TPSA) is 51.8 Å². The zero-order valence-corrected chi connectivity index (χ0v) is 9.16. The largest absolute Gasteiger partial charge is 0.398 e. The molecule has 0 bridgehead atoms. The minimum absolute atomic E-state index is 0.783. The molecule has 2 aromatic rings. The van der Waals surface area contributed by atoms with Gasteiger partial charge in [0.1, 0.15) is 5.03 Å². The summed E-state index contributed by atoms with van der Waals surface area (Å²) in [5.41, 5.74) is 7.85. The molecule has 0 aliphatic carbocycles.